The SMILES string of the molecule is O=C1CCC(C(=O)N2CCCN(C(=O)C3CCC(=O)N3)CC2)N1. The van der Waals surface area contributed by atoms with Crippen LogP contribution in [0.1, 0.15) is 32.1 Å². The van der Waals surface area contributed by atoms with Crippen LogP contribution in [0.5, 0.6) is 0 Å². The van der Waals surface area contributed by atoms with Crippen molar-refractivity contribution in [3.8, 4) is 0 Å². The fourth-order valence-corrected chi connectivity index (χ4v) is 3.40. The van der Waals surface area contributed by atoms with Crippen molar-refractivity contribution >= 4 is 23.6 Å². The molecule has 2 atom stereocenters. The topological polar surface area (TPSA) is 98.8 Å². The summed E-state index contributed by atoms with van der Waals surface area (Å²) in [5.41, 5.74) is 0. The van der Waals surface area contributed by atoms with Crippen LogP contribution in [0.15, 0.2) is 0 Å². The largest absolute Gasteiger partial charge is 0.344 e. The first-order valence-electron chi connectivity index (χ1n) is 8.21. The maximum atomic E-state index is 12.4. The molecule has 0 radical (unpaired) electrons. The fraction of sp³-hybridized carbons (Fsp3) is 0.733. The van der Waals surface area contributed by atoms with Crippen LogP contribution in [0.25, 0.3) is 0 Å². The van der Waals surface area contributed by atoms with E-state index in [0.717, 1.165) is 0 Å². The molecule has 0 aromatic heterocycles. The molecule has 3 rings (SSSR count). The number of hydrogen-bond donors (Lipinski definition) is 2. The molecule has 2 N–H and O–H groups in total. The second kappa shape index (κ2) is 6.55. The van der Waals surface area contributed by atoms with E-state index in [2.05, 4.69) is 10.6 Å². The van der Waals surface area contributed by atoms with Gasteiger partial charge in [-0.3, -0.25) is 19.2 Å². The van der Waals surface area contributed by atoms with Gasteiger partial charge in [0.05, 0.1) is 0 Å². The predicted octanol–water partition coefficient (Wildman–Crippen LogP) is -1.40. The molecular formula is C15H22N4O4. The Labute approximate surface area is 134 Å². The van der Waals surface area contributed by atoms with Gasteiger partial charge in [-0.05, 0) is 19.3 Å². The zero-order chi connectivity index (χ0) is 16.4. The van der Waals surface area contributed by atoms with Gasteiger partial charge >= 0.3 is 0 Å². The standard InChI is InChI=1S/C15H22N4O4/c20-12-4-2-10(16-12)14(22)18-6-1-7-19(9-8-18)15(23)11-3-5-13(21)17-11/h10-11H,1-9H2,(H,16,20)(H,17,21). The molecule has 0 bridgehead atoms. The summed E-state index contributed by atoms with van der Waals surface area (Å²) in [6.07, 6.45) is 2.60. The molecule has 3 aliphatic heterocycles. The molecule has 3 fully saturated rings. The average molecular weight is 322 g/mol. The Kier molecular flexibility index (Phi) is 4.49. The van der Waals surface area contributed by atoms with Crippen LogP contribution in [0, 0.1) is 0 Å². The highest BCUT2D eigenvalue weighted by Gasteiger charge is 2.34. The van der Waals surface area contributed by atoms with Gasteiger partial charge in [-0.1, -0.05) is 0 Å². The first-order chi connectivity index (χ1) is 11.0. The maximum absolute atomic E-state index is 12.4. The number of nitrogens with one attached hydrogen (secondary N) is 2. The maximum Gasteiger partial charge on any atom is 0.245 e. The Balaban J connectivity index is 1.54. The van der Waals surface area contributed by atoms with E-state index in [1.807, 2.05) is 0 Å². The highest BCUT2D eigenvalue weighted by atomic mass is 16.2. The first-order valence-corrected chi connectivity index (χ1v) is 8.21. The summed E-state index contributed by atoms with van der Waals surface area (Å²) in [6.45, 7) is 2.12. The molecular weight excluding hydrogens is 300 g/mol. The third kappa shape index (κ3) is 3.46. The number of amides is 4. The van der Waals surface area contributed by atoms with E-state index in [0.29, 0.717) is 58.3 Å². The lowest BCUT2D eigenvalue weighted by Crippen LogP contribution is -2.48. The Hall–Kier alpha value is -2.12. The monoisotopic (exact) mass is 322 g/mol. The van der Waals surface area contributed by atoms with Crippen molar-refractivity contribution in [2.45, 2.75) is 44.2 Å². The highest BCUT2D eigenvalue weighted by molar-refractivity contribution is 5.92. The van der Waals surface area contributed by atoms with Crippen molar-refractivity contribution in [2.75, 3.05) is 26.2 Å². The minimum Gasteiger partial charge on any atom is -0.344 e. The zero-order valence-electron chi connectivity index (χ0n) is 13.0. The molecule has 8 nitrogen and oxygen atoms in total. The molecule has 4 amide bonds. The molecule has 0 aromatic carbocycles. The van der Waals surface area contributed by atoms with Gasteiger partial charge in [-0.15, -0.1) is 0 Å². The summed E-state index contributed by atoms with van der Waals surface area (Å²) < 4.78 is 0. The van der Waals surface area contributed by atoms with Gasteiger partial charge in [0.1, 0.15) is 12.1 Å². The normalized spacial score (nSPS) is 28.3. The fourth-order valence-electron chi connectivity index (χ4n) is 3.40. The average Bonchev–Trinajstić information content (AvgIpc) is 3.07. The minimum absolute atomic E-state index is 0.0562. The lowest BCUT2D eigenvalue weighted by molar-refractivity contribution is -0.136. The van der Waals surface area contributed by atoms with Gasteiger partial charge in [0.15, 0.2) is 0 Å². The van der Waals surface area contributed by atoms with Crippen LogP contribution in [0.2, 0.25) is 0 Å². The highest BCUT2D eigenvalue weighted by Crippen LogP contribution is 2.15. The van der Waals surface area contributed by atoms with Crippen molar-refractivity contribution in [3.63, 3.8) is 0 Å². The van der Waals surface area contributed by atoms with Crippen LogP contribution in [-0.2, 0) is 19.2 Å². The summed E-state index contributed by atoms with van der Waals surface area (Å²) in [5, 5.41) is 5.39. The van der Waals surface area contributed by atoms with E-state index in [-0.39, 0.29) is 23.6 Å². The number of carbonyl (C=O) groups is 4. The summed E-state index contributed by atoms with van der Waals surface area (Å²) in [5.74, 6) is -0.266. The lowest BCUT2D eigenvalue weighted by Gasteiger charge is -2.25. The Bertz CT molecular complexity index is 490. The summed E-state index contributed by atoms with van der Waals surface area (Å²) in [4.78, 5) is 50.8. The molecule has 0 saturated carbocycles. The van der Waals surface area contributed by atoms with E-state index in [4.69, 9.17) is 0 Å². The molecule has 126 valence electrons. The molecule has 3 saturated heterocycles. The molecule has 0 spiro atoms. The van der Waals surface area contributed by atoms with Crippen molar-refractivity contribution in [1.29, 1.82) is 0 Å². The molecule has 2 unspecified atom stereocenters. The summed E-state index contributed by atoms with van der Waals surface area (Å²) in [7, 11) is 0. The summed E-state index contributed by atoms with van der Waals surface area (Å²) in [6, 6.07) is -0.835. The summed E-state index contributed by atoms with van der Waals surface area (Å²) >= 11 is 0. The molecule has 8 heteroatoms. The van der Waals surface area contributed by atoms with Gasteiger partial charge in [-0.25, -0.2) is 0 Å². The Morgan fingerprint density at radius 1 is 0.783 bits per heavy atom. The van der Waals surface area contributed by atoms with Crippen molar-refractivity contribution < 1.29 is 19.2 Å². The van der Waals surface area contributed by atoms with Crippen LogP contribution < -0.4 is 10.6 Å². The molecule has 23 heavy (non-hydrogen) atoms. The Morgan fingerprint density at radius 3 is 1.57 bits per heavy atom. The van der Waals surface area contributed by atoms with E-state index in [9.17, 15) is 19.2 Å². The number of rotatable bonds is 2. The van der Waals surface area contributed by atoms with Crippen LogP contribution >= 0.6 is 0 Å². The third-order valence-corrected chi connectivity index (χ3v) is 4.71. The quantitative estimate of drug-likeness (QED) is 0.653. The van der Waals surface area contributed by atoms with E-state index in [1.165, 1.54) is 0 Å². The van der Waals surface area contributed by atoms with Crippen molar-refractivity contribution in [3.05, 3.63) is 0 Å². The second-order valence-corrected chi connectivity index (χ2v) is 6.32. The van der Waals surface area contributed by atoms with Gasteiger partial charge in [0.25, 0.3) is 0 Å². The van der Waals surface area contributed by atoms with Crippen LogP contribution in [-0.4, -0.2) is 71.7 Å². The van der Waals surface area contributed by atoms with Crippen molar-refractivity contribution in [2.24, 2.45) is 0 Å². The lowest BCUT2D eigenvalue weighted by atomic mass is 10.2. The van der Waals surface area contributed by atoms with E-state index in [1.54, 1.807) is 9.80 Å². The van der Waals surface area contributed by atoms with Crippen LogP contribution in [0.4, 0.5) is 0 Å². The zero-order valence-corrected chi connectivity index (χ0v) is 13.0. The van der Waals surface area contributed by atoms with Crippen molar-refractivity contribution in [1.82, 2.24) is 20.4 Å². The number of carbonyl (C=O) groups excluding carboxylic acids is 4. The molecule has 0 aliphatic carbocycles. The molecule has 0 aromatic rings. The first kappa shape index (κ1) is 15.8. The predicted molar refractivity (Wildman–Crippen MR) is 80.1 cm³/mol. The molecule has 3 heterocycles. The third-order valence-electron chi connectivity index (χ3n) is 4.71. The van der Waals surface area contributed by atoms with Gasteiger partial charge in [0, 0.05) is 39.0 Å². The molecule has 3 aliphatic rings. The van der Waals surface area contributed by atoms with Crippen LogP contribution in [0.3, 0.4) is 0 Å². The van der Waals surface area contributed by atoms with Gasteiger partial charge in [-0.2, -0.15) is 0 Å². The number of nitrogens with zero attached hydrogens (tertiary/aromatic N) is 2. The smallest absolute Gasteiger partial charge is 0.245 e. The van der Waals surface area contributed by atoms with E-state index >= 15 is 0 Å². The second-order valence-electron chi connectivity index (χ2n) is 6.32. The van der Waals surface area contributed by atoms with Gasteiger partial charge < -0.3 is 20.4 Å². The van der Waals surface area contributed by atoms with Gasteiger partial charge in [0.2, 0.25) is 23.6 Å². The Morgan fingerprint density at radius 2 is 1.22 bits per heavy atom. The van der Waals surface area contributed by atoms with E-state index < -0.39 is 12.1 Å². The minimum atomic E-state index is -0.418. The number of hydrogen-bond acceptors (Lipinski definition) is 4.